The summed E-state index contributed by atoms with van der Waals surface area (Å²) in [5, 5.41) is 11.1. The van der Waals surface area contributed by atoms with Crippen LogP contribution < -0.4 is 0 Å². The third kappa shape index (κ3) is 6.35. The second-order valence-electron chi connectivity index (χ2n) is 12.0. The van der Waals surface area contributed by atoms with Gasteiger partial charge in [0.2, 0.25) is 0 Å². The third-order valence-electron chi connectivity index (χ3n) is 7.11. The van der Waals surface area contributed by atoms with Crippen molar-refractivity contribution >= 4 is 27.8 Å². The molecule has 2 aromatic rings. The van der Waals surface area contributed by atoms with Gasteiger partial charge >= 0.3 is 0 Å². The molecule has 1 saturated heterocycles. The van der Waals surface area contributed by atoms with Crippen LogP contribution in [0.4, 0.5) is 0 Å². The molecule has 1 heterocycles. The Morgan fingerprint density at radius 3 is 2.11 bits per heavy atom. The standard InChI is InChI=1S/C30H41BrN2O2/c1-8-12-21-18-33(28(32-31)23(21)15-20-13-10-9-11-14-20)19-26(34)22-16-24(29(2,3)4)27(35)25(17-22)30(5,6)7/h9-11,13-14,16-17,21,23,35H,8,12,15,18-19H2,1-7H3/t21-,23-/m1/s1. The van der Waals surface area contributed by atoms with Crippen molar-refractivity contribution in [2.24, 2.45) is 15.9 Å². The lowest BCUT2D eigenvalue weighted by atomic mass is 9.78. The van der Waals surface area contributed by atoms with Crippen LogP contribution in [0.2, 0.25) is 0 Å². The minimum atomic E-state index is -0.274. The van der Waals surface area contributed by atoms with Crippen molar-refractivity contribution in [1.82, 2.24) is 4.90 Å². The van der Waals surface area contributed by atoms with Crippen molar-refractivity contribution in [2.45, 2.75) is 78.6 Å². The molecule has 2 atom stereocenters. The minimum absolute atomic E-state index is 0.0604. The predicted octanol–water partition coefficient (Wildman–Crippen LogP) is 7.47. The molecule has 1 aliphatic rings. The number of carbonyl (C=O) groups is 1. The number of aromatic hydroxyl groups is 1. The number of amidine groups is 1. The summed E-state index contributed by atoms with van der Waals surface area (Å²) >= 11 is 3.38. The molecule has 0 unspecified atom stereocenters. The van der Waals surface area contributed by atoms with Gasteiger partial charge < -0.3 is 10.0 Å². The lowest BCUT2D eigenvalue weighted by Crippen LogP contribution is -2.33. The number of phenols is 1. The summed E-state index contributed by atoms with van der Waals surface area (Å²) in [7, 11) is 0. The molecule has 3 rings (SSSR count). The lowest BCUT2D eigenvalue weighted by molar-refractivity contribution is 0.0963. The van der Waals surface area contributed by atoms with Crippen molar-refractivity contribution in [3.05, 3.63) is 64.7 Å². The van der Waals surface area contributed by atoms with Gasteiger partial charge in [0.1, 0.15) is 11.6 Å². The van der Waals surface area contributed by atoms with Gasteiger partial charge in [0.15, 0.2) is 5.78 Å². The molecule has 0 aromatic heterocycles. The van der Waals surface area contributed by atoms with E-state index >= 15 is 0 Å². The number of likely N-dealkylation sites (tertiary alicyclic amines) is 1. The van der Waals surface area contributed by atoms with Gasteiger partial charge in [-0.1, -0.05) is 85.2 Å². The van der Waals surface area contributed by atoms with Crippen LogP contribution in [0.25, 0.3) is 0 Å². The molecule has 0 saturated carbocycles. The summed E-state index contributed by atoms with van der Waals surface area (Å²) < 4.78 is 4.52. The Balaban J connectivity index is 1.92. The van der Waals surface area contributed by atoms with E-state index in [0.717, 1.165) is 42.8 Å². The number of hydrogen-bond acceptors (Lipinski definition) is 3. The number of phenolic OH excluding ortho intramolecular Hbond substituents is 1. The van der Waals surface area contributed by atoms with Crippen LogP contribution in [0, 0.1) is 11.8 Å². The topological polar surface area (TPSA) is 52.9 Å². The fourth-order valence-electron chi connectivity index (χ4n) is 5.20. The molecule has 0 bridgehead atoms. The first-order valence-electron chi connectivity index (χ1n) is 12.8. The van der Waals surface area contributed by atoms with Crippen LogP contribution in [-0.2, 0) is 17.3 Å². The maximum atomic E-state index is 13.7. The van der Waals surface area contributed by atoms with Gasteiger partial charge in [-0.2, -0.15) is 4.02 Å². The second kappa shape index (κ2) is 10.9. The molecule has 2 aromatic carbocycles. The highest BCUT2D eigenvalue weighted by Gasteiger charge is 2.39. The zero-order chi connectivity index (χ0) is 26.0. The first-order chi connectivity index (χ1) is 16.4. The molecule has 0 radical (unpaired) electrons. The number of ketones is 1. The van der Waals surface area contributed by atoms with Crippen LogP contribution in [0.1, 0.15) is 88.4 Å². The first-order valence-corrected chi connectivity index (χ1v) is 13.5. The maximum Gasteiger partial charge on any atom is 0.182 e. The smallest absolute Gasteiger partial charge is 0.182 e. The number of nitrogens with zero attached hydrogens (tertiary/aromatic N) is 2. The maximum absolute atomic E-state index is 13.7. The summed E-state index contributed by atoms with van der Waals surface area (Å²) in [5.41, 5.74) is 3.03. The van der Waals surface area contributed by atoms with E-state index in [9.17, 15) is 9.90 Å². The second-order valence-corrected chi connectivity index (χ2v) is 12.4. The molecule has 1 aliphatic heterocycles. The largest absolute Gasteiger partial charge is 0.507 e. The van der Waals surface area contributed by atoms with Crippen LogP contribution in [0.3, 0.4) is 0 Å². The van der Waals surface area contributed by atoms with Crippen LogP contribution >= 0.6 is 16.1 Å². The Labute approximate surface area is 220 Å². The Morgan fingerprint density at radius 2 is 1.63 bits per heavy atom. The summed E-state index contributed by atoms with van der Waals surface area (Å²) in [6.45, 7) is 15.8. The molecule has 1 N–H and O–H groups in total. The van der Waals surface area contributed by atoms with Gasteiger partial charge in [-0.15, -0.1) is 0 Å². The van der Waals surface area contributed by atoms with Crippen LogP contribution in [-0.4, -0.2) is 34.7 Å². The number of carbonyl (C=O) groups excluding carboxylic acids is 1. The fourth-order valence-corrected chi connectivity index (χ4v) is 5.69. The zero-order valence-electron chi connectivity index (χ0n) is 22.4. The molecule has 0 amide bonds. The average Bonchev–Trinajstić information content (AvgIpc) is 3.08. The van der Waals surface area contributed by atoms with Crippen LogP contribution in [0.15, 0.2) is 46.5 Å². The third-order valence-corrected chi connectivity index (χ3v) is 7.47. The number of halogens is 1. The van der Waals surface area contributed by atoms with Gasteiger partial charge in [-0.25, -0.2) is 0 Å². The molecule has 5 heteroatoms. The Kier molecular flexibility index (Phi) is 8.52. The molecule has 35 heavy (non-hydrogen) atoms. The first kappa shape index (κ1) is 27.4. The normalized spacial score (nSPS) is 20.0. The molecule has 0 aliphatic carbocycles. The van der Waals surface area contributed by atoms with Crippen molar-refractivity contribution in [2.75, 3.05) is 13.1 Å². The summed E-state index contributed by atoms with van der Waals surface area (Å²) in [4.78, 5) is 15.8. The highest BCUT2D eigenvalue weighted by molar-refractivity contribution is 9.08. The number of Topliss-reactive ketones (excluding diaryl/α,β-unsaturated/α-hetero) is 1. The molecule has 190 valence electrons. The number of hydrogen-bond donors (Lipinski definition) is 1. The van der Waals surface area contributed by atoms with Gasteiger partial charge in [0.25, 0.3) is 0 Å². The highest BCUT2D eigenvalue weighted by Crippen LogP contribution is 2.40. The zero-order valence-corrected chi connectivity index (χ0v) is 23.9. The average molecular weight is 542 g/mol. The van der Waals surface area contributed by atoms with E-state index in [1.165, 1.54) is 5.56 Å². The molecule has 1 fully saturated rings. The van der Waals surface area contributed by atoms with E-state index in [2.05, 4.69) is 97.8 Å². The van der Waals surface area contributed by atoms with Gasteiger partial charge in [-0.05, 0) is 47.3 Å². The number of rotatable bonds is 7. The lowest BCUT2D eigenvalue weighted by Gasteiger charge is -2.28. The van der Waals surface area contributed by atoms with Crippen molar-refractivity contribution in [1.29, 1.82) is 0 Å². The summed E-state index contributed by atoms with van der Waals surface area (Å²) in [5.74, 6) is 2.06. The van der Waals surface area contributed by atoms with E-state index in [-0.39, 0.29) is 29.1 Å². The van der Waals surface area contributed by atoms with Gasteiger partial charge in [-0.3, -0.25) is 4.79 Å². The van der Waals surface area contributed by atoms with Gasteiger partial charge in [0, 0.05) is 29.2 Å². The Morgan fingerprint density at radius 1 is 1.06 bits per heavy atom. The molecular formula is C30H41BrN2O2. The molecule has 4 nitrogen and oxygen atoms in total. The van der Waals surface area contributed by atoms with Crippen LogP contribution in [0.5, 0.6) is 5.75 Å². The van der Waals surface area contributed by atoms with E-state index in [4.69, 9.17) is 0 Å². The van der Waals surface area contributed by atoms with E-state index in [1.54, 1.807) is 0 Å². The van der Waals surface area contributed by atoms with E-state index in [1.807, 2.05) is 18.2 Å². The molecule has 0 spiro atoms. The minimum Gasteiger partial charge on any atom is -0.507 e. The predicted molar refractivity (Wildman–Crippen MR) is 150 cm³/mol. The summed E-state index contributed by atoms with van der Waals surface area (Å²) in [6, 6.07) is 14.3. The quantitative estimate of drug-likeness (QED) is 0.370. The Bertz CT molecular complexity index is 1030. The number of benzene rings is 2. The SMILES string of the molecule is CCC[C@@H]1CN(CC(=O)c2cc(C(C)(C)C)c(O)c(C(C)(C)C)c2)C(=NBr)[C@@H]1Cc1ccccc1. The van der Waals surface area contributed by atoms with E-state index < -0.39 is 0 Å². The van der Waals surface area contributed by atoms with Crippen molar-refractivity contribution in [3.8, 4) is 5.75 Å². The van der Waals surface area contributed by atoms with Crippen molar-refractivity contribution < 1.29 is 9.90 Å². The van der Waals surface area contributed by atoms with E-state index in [0.29, 0.717) is 17.2 Å². The Hall–Kier alpha value is -2.14. The van der Waals surface area contributed by atoms with Crippen molar-refractivity contribution in [3.63, 3.8) is 0 Å². The fraction of sp³-hybridized carbons (Fsp3) is 0.533. The summed E-state index contributed by atoms with van der Waals surface area (Å²) in [6.07, 6.45) is 3.13. The van der Waals surface area contributed by atoms with Gasteiger partial charge in [0.05, 0.1) is 22.7 Å². The monoisotopic (exact) mass is 540 g/mol. The molecular weight excluding hydrogens is 500 g/mol. The highest BCUT2D eigenvalue weighted by atomic mass is 79.9.